The largest absolute Gasteiger partial charge is 0.478 e. The summed E-state index contributed by atoms with van der Waals surface area (Å²) >= 11 is 0. The molecule has 2 heterocycles. The van der Waals surface area contributed by atoms with E-state index in [9.17, 15) is 5.11 Å². The zero-order valence-corrected chi connectivity index (χ0v) is 21.4. The molecule has 4 atom stereocenters. The molecule has 1 fully saturated rings. The first-order valence-electron chi connectivity index (χ1n) is 13.0. The third-order valence-corrected chi connectivity index (χ3v) is 5.87. The predicted octanol–water partition coefficient (Wildman–Crippen LogP) is 5.13. The monoisotopic (exact) mass is 485 g/mol. The summed E-state index contributed by atoms with van der Waals surface area (Å²) in [4.78, 5) is 3.92. The van der Waals surface area contributed by atoms with Crippen LogP contribution in [0.25, 0.3) is 0 Å². The van der Waals surface area contributed by atoms with Crippen molar-refractivity contribution in [3.8, 4) is 5.88 Å². The number of hydrogen-bond donors (Lipinski definition) is 1. The summed E-state index contributed by atoms with van der Waals surface area (Å²) in [6, 6.07) is 3.01. The molecule has 2 unspecified atom stereocenters. The zero-order chi connectivity index (χ0) is 24.8. The van der Waals surface area contributed by atoms with Crippen molar-refractivity contribution in [2.75, 3.05) is 33.0 Å². The first kappa shape index (κ1) is 28.9. The highest BCUT2D eigenvalue weighted by molar-refractivity contribution is 5.26. The molecule has 1 saturated heterocycles. The molecule has 0 amide bonds. The Hall–Kier alpha value is -1.32. The molecule has 1 aliphatic rings. The second kappa shape index (κ2) is 15.6. The molecule has 1 N–H and O–H groups in total. The minimum Gasteiger partial charge on any atom is -0.478 e. The van der Waals surface area contributed by atoms with Gasteiger partial charge in [0.2, 0.25) is 17.6 Å². The Balaban J connectivity index is 2.30. The van der Waals surface area contributed by atoms with Crippen LogP contribution in [-0.4, -0.2) is 61.4 Å². The Morgan fingerprint density at radius 1 is 0.912 bits per heavy atom. The van der Waals surface area contributed by atoms with E-state index in [1.54, 1.807) is 6.07 Å². The van der Waals surface area contributed by atoms with Crippen LogP contribution in [0.1, 0.15) is 84.6 Å². The van der Waals surface area contributed by atoms with E-state index in [1.807, 2.05) is 6.92 Å². The molecule has 7 nitrogen and oxygen atoms in total. The molecule has 196 valence electrons. The van der Waals surface area contributed by atoms with Gasteiger partial charge in [-0.05, 0) is 31.7 Å². The number of rotatable bonds is 18. The molecule has 34 heavy (non-hydrogen) atoms. The van der Waals surface area contributed by atoms with Gasteiger partial charge < -0.3 is 28.8 Å². The van der Waals surface area contributed by atoms with E-state index < -0.39 is 30.0 Å². The van der Waals surface area contributed by atoms with Gasteiger partial charge in [0.25, 0.3) is 0 Å². The van der Waals surface area contributed by atoms with Crippen LogP contribution in [0.15, 0.2) is 12.1 Å². The van der Waals surface area contributed by atoms with Crippen LogP contribution in [0.3, 0.4) is 0 Å². The molecule has 1 aromatic rings. The van der Waals surface area contributed by atoms with Crippen LogP contribution in [0, 0.1) is 5.95 Å². The molecule has 0 aliphatic carbocycles. The van der Waals surface area contributed by atoms with Crippen molar-refractivity contribution in [2.24, 2.45) is 0 Å². The summed E-state index contributed by atoms with van der Waals surface area (Å²) in [6.07, 6.45) is 5.18. The number of aliphatic hydroxyl groups is 1. The van der Waals surface area contributed by atoms with Crippen LogP contribution >= 0.6 is 0 Å². The molecule has 0 bridgehead atoms. The van der Waals surface area contributed by atoms with Crippen molar-refractivity contribution in [3.05, 3.63) is 23.6 Å². The van der Waals surface area contributed by atoms with Gasteiger partial charge in [0.15, 0.2) is 0 Å². The summed E-state index contributed by atoms with van der Waals surface area (Å²) in [5.41, 5.74) is -0.0861. The van der Waals surface area contributed by atoms with E-state index in [2.05, 4.69) is 25.8 Å². The minimum atomic E-state index is -2.05. The molecule has 1 aromatic heterocycles. The topological polar surface area (TPSA) is 79.3 Å². The van der Waals surface area contributed by atoms with Gasteiger partial charge in [0.05, 0.1) is 18.8 Å². The maximum absolute atomic E-state index is 15.2. The van der Waals surface area contributed by atoms with Crippen molar-refractivity contribution in [3.63, 3.8) is 0 Å². The Bertz CT molecular complexity index is 693. The number of hydrogen-bond acceptors (Lipinski definition) is 7. The standard InChI is InChI=1S/C26H44FNO6/c1-5-9-15-30-19-21-23(32-17-11-7-3)24(33-18-12-8-4)26(29,34-21)20-13-14-22(28-25(20)27)31-16-10-6-2/h13-14,21,23-24,29H,5-12,15-19H2,1-4H3/t21-,23+,24?,26?/m1/s1. The third kappa shape index (κ3) is 8.12. The van der Waals surface area contributed by atoms with Gasteiger partial charge in [-0.2, -0.15) is 9.37 Å². The molecule has 0 radical (unpaired) electrons. The molecule has 2 rings (SSSR count). The summed E-state index contributed by atoms with van der Waals surface area (Å²) in [7, 11) is 0. The van der Waals surface area contributed by atoms with E-state index >= 15 is 4.39 Å². The smallest absolute Gasteiger partial charge is 0.227 e. The van der Waals surface area contributed by atoms with Crippen LogP contribution in [0.4, 0.5) is 4.39 Å². The summed E-state index contributed by atoms with van der Waals surface area (Å²) in [5, 5.41) is 11.7. The maximum atomic E-state index is 15.2. The number of pyridine rings is 1. The van der Waals surface area contributed by atoms with Gasteiger partial charge in [-0.25, -0.2) is 0 Å². The highest BCUT2D eigenvalue weighted by Crippen LogP contribution is 2.42. The number of aromatic nitrogens is 1. The van der Waals surface area contributed by atoms with Crippen molar-refractivity contribution >= 4 is 0 Å². The molecule has 8 heteroatoms. The Morgan fingerprint density at radius 2 is 1.53 bits per heavy atom. The summed E-state index contributed by atoms with van der Waals surface area (Å²) in [6.45, 7) is 10.4. The molecular weight excluding hydrogens is 441 g/mol. The molecule has 0 saturated carbocycles. The minimum absolute atomic E-state index is 0.0861. The van der Waals surface area contributed by atoms with Crippen LogP contribution in [0.2, 0.25) is 0 Å². The lowest BCUT2D eigenvalue weighted by atomic mass is 9.98. The second-order valence-corrected chi connectivity index (χ2v) is 8.80. The Labute approximate surface area is 204 Å². The van der Waals surface area contributed by atoms with E-state index in [1.165, 1.54) is 6.07 Å². The fourth-order valence-corrected chi connectivity index (χ4v) is 3.78. The van der Waals surface area contributed by atoms with Crippen molar-refractivity contribution in [2.45, 2.75) is 103 Å². The van der Waals surface area contributed by atoms with Crippen LogP contribution < -0.4 is 4.74 Å². The lowest BCUT2D eigenvalue weighted by Gasteiger charge is -2.31. The first-order valence-corrected chi connectivity index (χ1v) is 13.0. The van der Waals surface area contributed by atoms with Gasteiger partial charge in [-0.1, -0.05) is 53.4 Å². The van der Waals surface area contributed by atoms with Crippen molar-refractivity contribution in [1.82, 2.24) is 4.98 Å². The van der Waals surface area contributed by atoms with Gasteiger partial charge in [0, 0.05) is 25.9 Å². The lowest BCUT2D eigenvalue weighted by Crippen LogP contribution is -2.45. The summed E-state index contributed by atoms with van der Waals surface area (Å²) in [5.74, 6) is -2.72. The SMILES string of the molecule is CCCCOC[C@H]1OC(O)(c2ccc(OCCCC)nc2F)C(OCCCC)[C@H]1OCCCC. The van der Waals surface area contributed by atoms with Gasteiger partial charge >= 0.3 is 0 Å². The Morgan fingerprint density at radius 3 is 2.18 bits per heavy atom. The predicted molar refractivity (Wildman–Crippen MR) is 128 cm³/mol. The average molecular weight is 486 g/mol. The fourth-order valence-electron chi connectivity index (χ4n) is 3.78. The normalized spacial score (nSPS) is 24.6. The van der Waals surface area contributed by atoms with E-state index in [4.69, 9.17) is 23.7 Å². The first-order chi connectivity index (χ1) is 16.5. The maximum Gasteiger partial charge on any atom is 0.227 e. The van der Waals surface area contributed by atoms with Gasteiger partial charge in [0.1, 0.15) is 18.3 Å². The molecular formula is C26H44FNO6. The third-order valence-electron chi connectivity index (χ3n) is 5.87. The number of nitrogens with zero attached hydrogens (tertiary/aromatic N) is 1. The Kier molecular flexibility index (Phi) is 13.3. The lowest BCUT2D eigenvalue weighted by molar-refractivity contribution is -0.252. The summed E-state index contributed by atoms with van der Waals surface area (Å²) < 4.78 is 44.8. The molecule has 1 aliphatic heterocycles. The number of halogens is 1. The van der Waals surface area contributed by atoms with Crippen LogP contribution in [-0.2, 0) is 24.7 Å². The fraction of sp³-hybridized carbons (Fsp3) is 0.808. The number of ether oxygens (including phenoxy) is 5. The van der Waals surface area contributed by atoms with Crippen LogP contribution in [0.5, 0.6) is 5.88 Å². The van der Waals surface area contributed by atoms with E-state index in [0.717, 1.165) is 51.4 Å². The highest BCUT2D eigenvalue weighted by Gasteiger charge is 2.58. The average Bonchev–Trinajstić information content (AvgIpc) is 3.09. The van der Waals surface area contributed by atoms with Gasteiger partial charge in [-0.3, -0.25) is 0 Å². The number of unbranched alkanes of at least 4 members (excludes halogenated alkanes) is 4. The second-order valence-electron chi connectivity index (χ2n) is 8.80. The highest BCUT2D eigenvalue weighted by atomic mass is 19.1. The van der Waals surface area contributed by atoms with Gasteiger partial charge in [-0.15, -0.1) is 0 Å². The molecule has 0 spiro atoms. The quantitative estimate of drug-likeness (QED) is 0.228. The van der Waals surface area contributed by atoms with Crippen molar-refractivity contribution in [1.29, 1.82) is 0 Å². The van der Waals surface area contributed by atoms with E-state index in [0.29, 0.717) is 26.4 Å². The zero-order valence-electron chi connectivity index (χ0n) is 21.4. The molecule has 0 aromatic carbocycles. The van der Waals surface area contributed by atoms with E-state index in [-0.39, 0.29) is 18.1 Å². The van der Waals surface area contributed by atoms with Crippen molar-refractivity contribution < 1.29 is 33.2 Å².